The first-order valence-electron chi connectivity index (χ1n) is 9.29. The van der Waals surface area contributed by atoms with E-state index in [1.807, 2.05) is 39.0 Å². The molecule has 0 aliphatic rings. The Morgan fingerprint density at radius 1 is 1.24 bits per heavy atom. The summed E-state index contributed by atoms with van der Waals surface area (Å²) in [6.45, 7) is 10.0. The highest BCUT2D eigenvalue weighted by molar-refractivity contribution is 8.00. The summed E-state index contributed by atoms with van der Waals surface area (Å²) in [7, 11) is 0. The van der Waals surface area contributed by atoms with E-state index in [-0.39, 0.29) is 12.5 Å². The lowest BCUT2D eigenvalue weighted by atomic mass is 10.0. The van der Waals surface area contributed by atoms with E-state index in [0.29, 0.717) is 16.9 Å². The van der Waals surface area contributed by atoms with Gasteiger partial charge in [0.25, 0.3) is 0 Å². The van der Waals surface area contributed by atoms with Gasteiger partial charge < -0.3 is 16.3 Å². The van der Waals surface area contributed by atoms with E-state index in [1.54, 1.807) is 0 Å². The fourth-order valence-electron chi connectivity index (χ4n) is 2.67. The number of aromatic nitrogens is 3. The first-order valence-corrected chi connectivity index (χ1v) is 10.2. The number of benzene rings is 1. The van der Waals surface area contributed by atoms with E-state index < -0.39 is 17.2 Å². The average molecular weight is 421 g/mol. The van der Waals surface area contributed by atoms with E-state index in [2.05, 4.69) is 29.4 Å². The number of nitrogens with two attached hydrogens (primary N) is 2. The predicted molar refractivity (Wildman–Crippen MR) is 112 cm³/mol. The van der Waals surface area contributed by atoms with Crippen molar-refractivity contribution in [2.75, 3.05) is 5.84 Å². The van der Waals surface area contributed by atoms with Crippen molar-refractivity contribution >= 4 is 23.7 Å². The van der Waals surface area contributed by atoms with Gasteiger partial charge in [-0.15, -0.1) is 10.2 Å². The van der Waals surface area contributed by atoms with Crippen molar-refractivity contribution in [2.45, 2.75) is 57.5 Å². The molecule has 0 unspecified atom stereocenters. The van der Waals surface area contributed by atoms with Gasteiger partial charge >= 0.3 is 6.03 Å². The van der Waals surface area contributed by atoms with Crippen LogP contribution in [-0.2, 0) is 11.4 Å². The zero-order chi connectivity index (χ0) is 21.7. The fourth-order valence-corrected chi connectivity index (χ4v) is 3.64. The number of urea groups is 1. The molecular formula is C19H28N6O3S. The molecule has 5 N–H and O–H groups in total. The SMILES string of the molecule is Cc1ccc(C(C)C)c(OCc2nnc(S[C@H](C(=O)NC(N)=O)C(C)C)n2N)c1. The number of carbonyl (C=O) groups is 2. The number of hydrogen-bond acceptors (Lipinski definition) is 7. The van der Waals surface area contributed by atoms with Crippen LogP contribution in [0.4, 0.5) is 4.79 Å². The van der Waals surface area contributed by atoms with Crippen LogP contribution in [0.15, 0.2) is 23.4 Å². The van der Waals surface area contributed by atoms with Gasteiger partial charge in [-0.2, -0.15) is 0 Å². The van der Waals surface area contributed by atoms with E-state index >= 15 is 0 Å². The summed E-state index contributed by atoms with van der Waals surface area (Å²) < 4.78 is 7.25. The lowest BCUT2D eigenvalue weighted by Crippen LogP contribution is -2.42. The zero-order valence-corrected chi connectivity index (χ0v) is 18.1. The Labute approximate surface area is 174 Å². The first-order chi connectivity index (χ1) is 13.6. The Bertz CT molecular complexity index is 881. The Hall–Kier alpha value is -2.75. The minimum atomic E-state index is -0.899. The van der Waals surface area contributed by atoms with Gasteiger partial charge in [0.2, 0.25) is 11.1 Å². The van der Waals surface area contributed by atoms with Crippen molar-refractivity contribution in [3.05, 3.63) is 35.2 Å². The molecule has 0 bridgehead atoms. The molecule has 2 aromatic rings. The minimum absolute atomic E-state index is 0.0864. The third-order valence-corrected chi connectivity index (χ3v) is 5.73. The monoisotopic (exact) mass is 420 g/mol. The number of nitrogens with zero attached hydrogens (tertiary/aromatic N) is 3. The normalized spacial score (nSPS) is 12.2. The largest absolute Gasteiger partial charge is 0.485 e. The van der Waals surface area contributed by atoms with E-state index in [4.69, 9.17) is 16.3 Å². The van der Waals surface area contributed by atoms with Crippen LogP contribution in [0.25, 0.3) is 0 Å². The molecule has 10 heteroatoms. The number of ether oxygens (including phenoxy) is 1. The highest BCUT2D eigenvalue weighted by Gasteiger charge is 2.27. The lowest BCUT2D eigenvalue weighted by molar-refractivity contribution is -0.120. The Kier molecular flexibility index (Phi) is 7.49. The van der Waals surface area contributed by atoms with Crippen molar-refractivity contribution in [1.29, 1.82) is 0 Å². The smallest absolute Gasteiger partial charge is 0.318 e. The summed E-state index contributed by atoms with van der Waals surface area (Å²) >= 11 is 1.12. The molecule has 3 amide bonds. The molecule has 29 heavy (non-hydrogen) atoms. The Morgan fingerprint density at radius 3 is 2.52 bits per heavy atom. The van der Waals surface area contributed by atoms with Crippen molar-refractivity contribution in [3.8, 4) is 5.75 Å². The van der Waals surface area contributed by atoms with Gasteiger partial charge in [-0.1, -0.05) is 51.6 Å². The van der Waals surface area contributed by atoms with Gasteiger partial charge in [0, 0.05) is 0 Å². The predicted octanol–water partition coefficient (Wildman–Crippen LogP) is 2.31. The molecule has 1 heterocycles. The first kappa shape index (κ1) is 22.5. The number of aryl methyl sites for hydroxylation is 1. The van der Waals surface area contributed by atoms with Gasteiger partial charge in [-0.05, 0) is 36.0 Å². The molecule has 0 spiro atoms. The number of hydrogen-bond donors (Lipinski definition) is 3. The van der Waals surface area contributed by atoms with Crippen LogP contribution in [0.3, 0.4) is 0 Å². The van der Waals surface area contributed by atoms with Crippen LogP contribution >= 0.6 is 11.8 Å². The van der Waals surface area contributed by atoms with Crippen molar-refractivity contribution < 1.29 is 14.3 Å². The molecule has 2 rings (SSSR count). The Balaban J connectivity index is 2.14. The molecule has 1 atom stereocenters. The molecule has 9 nitrogen and oxygen atoms in total. The molecule has 158 valence electrons. The second kappa shape index (κ2) is 9.64. The molecule has 0 fully saturated rings. The van der Waals surface area contributed by atoms with Crippen LogP contribution in [0.5, 0.6) is 5.75 Å². The number of nitrogens with one attached hydrogen (secondary N) is 1. The maximum Gasteiger partial charge on any atom is 0.318 e. The van der Waals surface area contributed by atoms with Gasteiger partial charge in [-0.25, -0.2) is 9.47 Å². The summed E-state index contributed by atoms with van der Waals surface area (Å²) in [5.41, 5.74) is 7.23. The minimum Gasteiger partial charge on any atom is -0.485 e. The summed E-state index contributed by atoms with van der Waals surface area (Å²) in [5.74, 6) is 7.03. The van der Waals surface area contributed by atoms with Crippen LogP contribution in [-0.4, -0.2) is 32.1 Å². The molecule has 0 saturated heterocycles. The molecule has 0 radical (unpaired) electrons. The number of nitrogen functional groups attached to an aromatic ring is 1. The number of carbonyl (C=O) groups excluding carboxylic acids is 2. The van der Waals surface area contributed by atoms with Crippen LogP contribution in [0, 0.1) is 12.8 Å². The van der Waals surface area contributed by atoms with Crippen LogP contribution in [0.1, 0.15) is 50.6 Å². The summed E-state index contributed by atoms with van der Waals surface area (Å²) in [4.78, 5) is 23.2. The van der Waals surface area contributed by atoms with Gasteiger partial charge in [0.15, 0.2) is 5.82 Å². The fraction of sp³-hybridized carbons (Fsp3) is 0.474. The second-order valence-electron chi connectivity index (χ2n) is 7.39. The number of rotatable bonds is 8. The number of amides is 3. The zero-order valence-electron chi connectivity index (χ0n) is 17.3. The van der Waals surface area contributed by atoms with Crippen molar-refractivity contribution in [1.82, 2.24) is 20.2 Å². The molecule has 1 aromatic heterocycles. The van der Waals surface area contributed by atoms with E-state index in [0.717, 1.165) is 28.6 Å². The third kappa shape index (κ3) is 5.86. The molecular weight excluding hydrogens is 392 g/mol. The summed E-state index contributed by atoms with van der Waals surface area (Å²) in [6.07, 6.45) is 0. The molecule has 0 saturated carbocycles. The standard InChI is InChI=1S/C19H28N6O3S/c1-10(2)13-7-6-12(5)8-14(13)28-9-15-23-24-19(25(15)21)29-16(11(3)4)17(26)22-18(20)27/h6-8,10-11,16H,9,21H2,1-5H3,(H3,20,22,26,27)/t16-/m0/s1. The van der Waals surface area contributed by atoms with Gasteiger partial charge in [0.05, 0.1) is 5.25 Å². The third-order valence-electron chi connectivity index (χ3n) is 4.23. The molecule has 1 aromatic carbocycles. The topological polar surface area (TPSA) is 138 Å². The maximum atomic E-state index is 12.2. The van der Waals surface area contributed by atoms with Gasteiger partial charge in [0.1, 0.15) is 12.4 Å². The molecule has 0 aliphatic heterocycles. The summed E-state index contributed by atoms with van der Waals surface area (Å²) in [6, 6.07) is 5.18. The van der Waals surface area contributed by atoms with Crippen molar-refractivity contribution in [2.24, 2.45) is 11.7 Å². The number of imide groups is 1. The lowest BCUT2D eigenvalue weighted by Gasteiger charge is -2.18. The number of thioether (sulfide) groups is 1. The number of primary amides is 1. The van der Waals surface area contributed by atoms with Gasteiger partial charge in [-0.3, -0.25) is 10.1 Å². The quantitative estimate of drug-likeness (QED) is 0.440. The summed E-state index contributed by atoms with van der Waals surface area (Å²) in [5, 5.41) is 9.97. The molecule has 0 aliphatic carbocycles. The van der Waals surface area contributed by atoms with Crippen LogP contribution < -0.4 is 21.6 Å². The van der Waals surface area contributed by atoms with Crippen molar-refractivity contribution in [3.63, 3.8) is 0 Å². The van der Waals surface area contributed by atoms with E-state index in [1.165, 1.54) is 4.68 Å². The highest BCUT2D eigenvalue weighted by atomic mass is 32.2. The highest BCUT2D eigenvalue weighted by Crippen LogP contribution is 2.29. The average Bonchev–Trinajstić information content (AvgIpc) is 2.96. The van der Waals surface area contributed by atoms with Crippen LogP contribution in [0.2, 0.25) is 0 Å². The second-order valence-corrected chi connectivity index (χ2v) is 8.50. The maximum absolute atomic E-state index is 12.2. The Morgan fingerprint density at radius 2 is 1.93 bits per heavy atom. The van der Waals surface area contributed by atoms with E-state index in [9.17, 15) is 9.59 Å².